The third kappa shape index (κ3) is 2.98. The second kappa shape index (κ2) is 6.52. The lowest BCUT2D eigenvalue weighted by atomic mass is 9.47. The zero-order valence-electron chi connectivity index (χ0n) is 14.5. The van der Waals surface area contributed by atoms with Crippen molar-refractivity contribution < 1.29 is 9.59 Å². The summed E-state index contributed by atoms with van der Waals surface area (Å²) in [7, 11) is 0. The zero-order valence-corrected chi connectivity index (χ0v) is 14.5. The maximum absolute atomic E-state index is 11.7. The molecule has 0 aromatic heterocycles. The highest BCUT2D eigenvalue weighted by atomic mass is 16.1. The van der Waals surface area contributed by atoms with Crippen LogP contribution in [0.1, 0.15) is 66.2 Å². The van der Waals surface area contributed by atoms with Gasteiger partial charge in [-0.1, -0.05) is 38.0 Å². The fourth-order valence-corrected chi connectivity index (χ4v) is 5.05. The molecule has 122 valence electrons. The number of rotatable bonds is 5. The van der Waals surface area contributed by atoms with Crippen LogP contribution in [0.5, 0.6) is 0 Å². The topological polar surface area (TPSA) is 34.1 Å². The van der Waals surface area contributed by atoms with E-state index < -0.39 is 0 Å². The van der Waals surface area contributed by atoms with Crippen LogP contribution in [-0.2, 0) is 9.59 Å². The van der Waals surface area contributed by atoms with Crippen LogP contribution < -0.4 is 0 Å². The average Bonchev–Trinajstić information content (AvgIpc) is 2.45. The van der Waals surface area contributed by atoms with Gasteiger partial charge in [0.05, 0.1) is 0 Å². The Morgan fingerprint density at radius 1 is 1.27 bits per heavy atom. The van der Waals surface area contributed by atoms with Gasteiger partial charge in [0.15, 0.2) is 0 Å². The molecule has 0 saturated heterocycles. The molecule has 0 aliphatic heterocycles. The lowest BCUT2D eigenvalue weighted by molar-refractivity contribution is -0.123. The van der Waals surface area contributed by atoms with Crippen molar-refractivity contribution >= 4 is 12.6 Å². The third-order valence-electron chi connectivity index (χ3n) is 6.30. The molecule has 4 atom stereocenters. The van der Waals surface area contributed by atoms with Gasteiger partial charge in [0.25, 0.3) is 0 Å². The summed E-state index contributed by atoms with van der Waals surface area (Å²) in [6.45, 7) is 8.94. The molecule has 0 unspecified atom stereocenters. The van der Waals surface area contributed by atoms with Crippen LogP contribution in [0.2, 0.25) is 0 Å². The fourth-order valence-electron chi connectivity index (χ4n) is 5.05. The van der Waals surface area contributed by atoms with E-state index in [0.29, 0.717) is 11.5 Å². The molecular weight excluding hydrogens is 272 g/mol. The highest BCUT2D eigenvalue weighted by molar-refractivity contribution is 5.82. The van der Waals surface area contributed by atoms with Gasteiger partial charge in [0, 0.05) is 5.92 Å². The van der Waals surface area contributed by atoms with Gasteiger partial charge in [-0.25, -0.2) is 0 Å². The molecular formula is C20H30O2. The number of carbonyl (C=O) groups excluding carboxylic acids is 2. The van der Waals surface area contributed by atoms with E-state index in [-0.39, 0.29) is 16.7 Å². The molecule has 2 rings (SSSR count). The molecule has 0 amide bonds. The Hall–Kier alpha value is -1.18. The quantitative estimate of drug-likeness (QED) is 0.535. The molecule has 0 N–H and O–H groups in total. The Balaban J connectivity index is 2.30. The molecule has 0 aromatic rings. The van der Waals surface area contributed by atoms with Gasteiger partial charge >= 0.3 is 0 Å². The van der Waals surface area contributed by atoms with E-state index in [0.717, 1.165) is 38.3 Å². The van der Waals surface area contributed by atoms with Gasteiger partial charge < -0.3 is 4.79 Å². The number of fused-ring (bicyclic) bond motifs is 1. The molecule has 22 heavy (non-hydrogen) atoms. The first-order valence-electron chi connectivity index (χ1n) is 8.61. The van der Waals surface area contributed by atoms with E-state index in [1.165, 1.54) is 18.4 Å². The second-order valence-corrected chi connectivity index (χ2v) is 8.06. The van der Waals surface area contributed by atoms with Crippen LogP contribution in [0.4, 0.5) is 0 Å². The Kier molecular flexibility index (Phi) is 5.09. The predicted molar refractivity (Wildman–Crippen MR) is 90.5 cm³/mol. The van der Waals surface area contributed by atoms with Crippen LogP contribution in [0.15, 0.2) is 23.3 Å². The van der Waals surface area contributed by atoms with E-state index in [9.17, 15) is 9.59 Å². The summed E-state index contributed by atoms with van der Waals surface area (Å²) in [6, 6.07) is 0. The number of carbonyl (C=O) groups is 2. The highest BCUT2D eigenvalue weighted by Gasteiger charge is 2.53. The van der Waals surface area contributed by atoms with Gasteiger partial charge in [-0.3, -0.25) is 4.79 Å². The maximum Gasteiger partial charge on any atom is 0.146 e. The molecule has 0 spiro atoms. The van der Waals surface area contributed by atoms with E-state index in [4.69, 9.17) is 0 Å². The van der Waals surface area contributed by atoms with E-state index in [1.54, 1.807) is 0 Å². The van der Waals surface area contributed by atoms with Crippen LogP contribution in [0, 0.1) is 22.7 Å². The summed E-state index contributed by atoms with van der Waals surface area (Å²) in [5.74, 6) is 0.282. The van der Waals surface area contributed by atoms with Gasteiger partial charge in [-0.2, -0.15) is 0 Å². The summed E-state index contributed by atoms with van der Waals surface area (Å²) >= 11 is 0. The van der Waals surface area contributed by atoms with Crippen molar-refractivity contribution in [3.63, 3.8) is 0 Å². The van der Waals surface area contributed by atoms with Crippen molar-refractivity contribution in [2.75, 3.05) is 0 Å². The Morgan fingerprint density at radius 3 is 2.59 bits per heavy atom. The third-order valence-corrected chi connectivity index (χ3v) is 6.30. The first-order valence-corrected chi connectivity index (χ1v) is 8.61. The van der Waals surface area contributed by atoms with Gasteiger partial charge in [-0.15, -0.1) is 0 Å². The monoisotopic (exact) mass is 302 g/mol. The standard InChI is InChI=1S/C20H30O2/c1-15(2)7-5-10-19(3)11-6-12-20(4)17(14-22)16(13-21)8-9-18(19)20/h7-8,13-14,17-18H,5-6,9-12H2,1-4H3/t17-,18-,19+,20-/m0/s1. The minimum absolute atomic E-state index is 0.0509. The van der Waals surface area contributed by atoms with Gasteiger partial charge in [-0.05, 0) is 68.3 Å². The molecule has 1 fully saturated rings. The van der Waals surface area contributed by atoms with Crippen molar-refractivity contribution in [3.8, 4) is 0 Å². The number of allylic oxidation sites excluding steroid dienone is 4. The van der Waals surface area contributed by atoms with Crippen molar-refractivity contribution in [1.82, 2.24) is 0 Å². The van der Waals surface area contributed by atoms with Crippen molar-refractivity contribution in [3.05, 3.63) is 23.3 Å². The zero-order chi connectivity index (χ0) is 16.4. The van der Waals surface area contributed by atoms with Crippen molar-refractivity contribution in [2.24, 2.45) is 22.7 Å². The van der Waals surface area contributed by atoms with Crippen molar-refractivity contribution in [2.45, 2.75) is 66.2 Å². The van der Waals surface area contributed by atoms with Crippen molar-refractivity contribution in [1.29, 1.82) is 0 Å². The summed E-state index contributed by atoms with van der Waals surface area (Å²) in [4.78, 5) is 23.0. The highest BCUT2D eigenvalue weighted by Crippen LogP contribution is 2.60. The van der Waals surface area contributed by atoms with E-state index in [1.807, 2.05) is 6.08 Å². The maximum atomic E-state index is 11.7. The minimum atomic E-state index is -0.216. The Labute approximate surface area is 135 Å². The lowest BCUT2D eigenvalue weighted by Gasteiger charge is -2.56. The predicted octanol–water partition coefficient (Wildman–Crippen LogP) is 4.89. The molecule has 0 aromatic carbocycles. The Morgan fingerprint density at radius 2 is 2.00 bits per heavy atom. The normalized spacial score (nSPS) is 37.7. The molecule has 0 radical (unpaired) electrons. The molecule has 2 heteroatoms. The van der Waals surface area contributed by atoms with Gasteiger partial charge in [0.2, 0.25) is 0 Å². The SMILES string of the molecule is CC(C)=CCC[C@]1(C)CCC[C@@]2(C)[C@@H](C=O)C(C=O)=CC[C@@H]12. The van der Waals surface area contributed by atoms with E-state index in [2.05, 4.69) is 33.8 Å². The minimum Gasteiger partial charge on any atom is -0.303 e. The largest absolute Gasteiger partial charge is 0.303 e. The van der Waals surface area contributed by atoms with Crippen LogP contribution >= 0.6 is 0 Å². The average molecular weight is 302 g/mol. The molecule has 0 bridgehead atoms. The summed E-state index contributed by atoms with van der Waals surface area (Å²) in [5.41, 5.74) is 2.30. The molecule has 2 aliphatic carbocycles. The number of hydrogen-bond acceptors (Lipinski definition) is 2. The van der Waals surface area contributed by atoms with Crippen LogP contribution in [-0.4, -0.2) is 12.6 Å². The summed E-state index contributed by atoms with van der Waals surface area (Å²) in [5, 5.41) is 0. The van der Waals surface area contributed by atoms with E-state index >= 15 is 0 Å². The first-order chi connectivity index (χ1) is 10.4. The van der Waals surface area contributed by atoms with Crippen LogP contribution in [0.25, 0.3) is 0 Å². The van der Waals surface area contributed by atoms with Crippen LogP contribution in [0.3, 0.4) is 0 Å². The molecule has 1 saturated carbocycles. The van der Waals surface area contributed by atoms with Gasteiger partial charge in [0.1, 0.15) is 12.6 Å². The fraction of sp³-hybridized carbons (Fsp3) is 0.700. The molecule has 2 nitrogen and oxygen atoms in total. The summed E-state index contributed by atoms with van der Waals surface area (Å²) in [6.07, 6.45) is 13.0. The number of hydrogen-bond donors (Lipinski definition) is 0. The first kappa shape index (κ1) is 17.2. The smallest absolute Gasteiger partial charge is 0.146 e. The lowest BCUT2D eigenvalue weighted by Crippen LogP contribution is -2.50. The molecule has 0 heterocycles. The second-order valence-electron chi connectivity index (χ2n) is 8.06. The Bertz CT molecular complexity index is 498. The number of aldehydes is 2. The summed E-state index contributed by atoms with van der Waals surface area (Å²) < 4.78 is 0. The molecule has 2 aliphatic rings.